The third-order valence-electron chi connectivity index (χ3n) is 8.86. The van der Waals surface area contributed by atoms with Gasteiger partial charge in [-0.2, -0.15) is 0 Å². The molecule has 7 rings (SSSR count). The van der Waals surface area contributed by atoms with Gasteiger partial charge in [0.15, 0.2) is 0 Å². The molecule has 0 aliphatic rings. The van der Waals surface area contributed by atoms with Crippen molar-refractivity contribution in [3.8, 4) is 56.3 Å². The molecule has 0 fully saturated rings. The minimum absolute atomic E-state index is 0. The number of phenolic OH excluding ortho intramolecular Hbond substituents is 1. The maximum absolute atomic E-state index is 11.1. The monoisotopic (exact) mass is 807 g/mol. The summed E-state index contributed by atoms with van der Waals surface area (Å²) in [7, 11) is 0. The van der Waals surface area contributed by atoms with Crippen LogP contribution in [0.15, 0.2) is 115 Å². The van der Waals surface area contributed by atoms with Gasteiger partial charge in [-0.05, 0) is 72.7 Å². The Labute approximate surface area is 297 Å². The topological polar surface area (TPSA) is 50.9 Å². The summed E-state index contributed by atoms with van der Waals surface area (Å²) in [4.78, 5) is 10.1. The fraction of sp³-hybridized carbons (Fsp3) is 0.163. The molecule has 2 heterocycles. The molecule has 0 spiro atoms. The predicted octanol–water partition coefficient (Wildman–Crippen LogP) is 10.8. The number of aromatic hydroxyl groups is 1. The quantitative estimate of drug-likeness (QED) is 0.176. The first-order valence-corrected chi connectivity index (χ1v) is 16.1. The third-order valence-corrected chi connectivity index (χ3v) is 8.86. The number of phenols is 1. The Hall–Kier alpha value is -4.79. The molecule has 0 saturated heterocycles. The molecule has 0 radical (unpaired) electrons. The number of aryl methyl sites for hydroxylation is 3. The second-order valence-electron chi connectivity index (χ2n) is 13.5. The molecule has 7 aromatic rings. The second-order valence-corrected chi connectivity index (χ2v) is 13.5. The number of rotatable bonds is 5. The summed E-state index contributed by atoms with van der Waals surface area (Å²) in [6, 6.07) is 41.0. The number of fused-ring (bicyclic) bond motifs is 1. The molecule has 0 aliphatic heterocycles. The first-order valence-electron chi connectivity index (χ1n) is 16.1. The molecule has 0 atom stereocenters. The van der Waals surface area contributed by atoms with Crippen molar-refractivity contribution >= 4 is 11.0 Å². The third kappa shape index (κ3) is 6.13. The van der Waals surface area contributed by atoms with Crippen molar-refractivity contribution in [2.45, 2.75) is 47.0 Å². The van der Waals surface area contributed by atoms with Gasteiger partial charge in [0.2, 0.25) is 0 Å². The van der Waals surface area contributed by atoms with Gasteiger partial charge in [0, 0.05) is 33.0 Å². The predicted molar refractivity (Wildman–Crippen MR) is 194 cm³/mol. The minimum atomic E-state index is -0.111. The Morgan fingerprint density at radius 2 is 1.35 bits per heavy atom. The average Bonchev–Trinajstić information content (AvgIpc) is 3.43. The van der Waals surface area contributed by atoms with Crippen LogP contribution in [0.3, 0.4) is 0 Å². The van der Waals surface area contributed by atoms with E-state index in [0.29, 0.717) is 11.4 Å². The zero-order chi connectivity index (χ0) is 32.9. The number of hydrogen-bond acceptors (Lipinski definition) is 3. The first kappa shape index (κ1) is 33.1. The summed E-state index contributed by atoms with van der Waals surface area (Å²) >= 11 is 0. The molecule has 242 valence electrons. The van der Waals surface area contributed by atoms with E-state index in [4.69, 9.17) is 9.97 Å². The minimum Gasteiger partial charge on any atom is -0.507 e. The van der Waals surface area contributed by atoms with E-state index in [0.717, 1.165) is 61.4 Å². The first-order chi connectivity index (χ1) is 22.6. The van der Waals surface area contributed by atoms with Crippen LogP contribution in [0.25, 0.3) is 61.6 Å². The largest absolute Gasteiger partial charge is 0.507 e. The van der Waals surface area contributed by atoms with Crippen LogP contribution < -0.4 is 0 Å². The van der Waals surface area contributed by atoms with E-state index in [1.165, 1.54) is 11.1 Å². The molecule has 4 nitrogen and oxygen atoms in total. The molecule has 0 aliphatic carbocycles. The molecule has 5 heteroatoms. The van der Waals surface area contributed by atoms with Gasteiger partial charge < -0.3 is 5.11 Å². The van der Waals surface area contributed by atoms with Gasteiger partial charge >= 0.3 is 0 Å². The number of hydrogen-bond donors (Lipinski definition) is 1. The summed E-state index contributed by atoms with van der Waals surface area (Å²) in [5.41, 5.74) is 14.2. The number of benzene rings is 5. The summed E-state index contributed by atoms with van der Waals surface area (Å²) in [5.74, 6) is 0.894. The summed E-state index contributed by atoms with van der Waals surface area (Å²) in [5, 5.41) is 11.1. The fourth-order valence-electron chi connectivity index (χ4n) is 6.59. The van der Waals surface area contributed by atoms with E-state index in [2.05, 4.69) is 131 Å². The standard InChI is InChI=1S/C43H38N3O.Pt/c1-27-21-28(2)41(29(3)22-27)46-38-17-12-16-35(40(38)45-42(46)36-15-10-11-18-39(36)47)32-23-33(25-34(24-32)43(4,5)6)37-26-31(19-20-44-37)30-13-8-7-9-14-30;/h7-22,24-26,47H,1-6H3;/q-1;. The molecular formula is C43H38N3OPt-. The smallest absolute Gasteiger partial charge is 0.148 e. The van der Waals surface area contributed by atoms with Crippen LogP contribution in [0.1, 0.15) is 43.0 Å². The molecule has 0 bridgehead atoms. The van der Waals surface area contributed by atoms with Crippen molar-refractivity contribution in [3.05, 3.63) is 144 Å². The SMILES string of the molecule is Cc1cc(C)c(-n2c(-c3ccccc3O)nc3c(-c4[c-]c(-c5cc(-c6ccccc6)ccn5)cc(C(C)(C)C)c4)cccc32)c(C)c1.[Pt]. The van der Waals surface area contributed by atoms with Crippen LogP contribution in [0.2, 0.25) is 0 Å². The van der Waals surface area contributed by atoms with E-state index < -0.39 is 0 Å². The van der Waals surface area contributed by atoms with Crippen LogP contribution in [0.4, 0.5) is 0 Å². The zero-order valence-electron chi connectivity index (χ0n) is 28.1. The van der Waals surface area contributed by atoms with Crippen LogP contribution in [0, 0.1) is 26.8 Å². The Balaban J connectivity index is 0.00000401. The molecule has 2 aromatic heterocycles. The fourth-order valence-corrected chi connectivity index (χ4v) is 6.59. The summed E-state index contributed by atoms with van der Waals surface area (Å²) in [6.45, 7) is 13.1. The van der Waals surface area contributed by atoms with Crippen molar-refractivity contribution in [2.75, 3.05) is 0 Å². The van der Waals surface area contributed by atoms with Gasteiger partial charge in [0.25, 0.3) is 0 Å². The van der Waals surface area contributed by atoms with Crippen molar-refractivity contribution in [3.63, 3.8) is 0 Å². The Bertz CT molecular complexity index is 2260. The van der Waals surface area contributed by atoms with E-state index in [1.54, 1.807) is 6.07 Å². The van der Waals surface area contributed by atoms with Gasteiger partial charge in [-0.25, -0.2) is 4.98 Å². The van der Waals surface area contributed by atoms with Crippen LogP contribution in [-0.2, 0) is 26.5 Å². The summed E-state index contributed by atoms with van der Waals surface area (Å²) < 4.78 is 2.21. The van der Waals surface area contributed by atoms with Crippen LogP contribution in [-0.4, -0.2) is 19.6 Å². The molecule has 0 unspecified atom stereocenters. The molecule has 0 amide bonds. The summed E-state index contributed by atoms with van der Waals surface area (Å²) in [6.07, 6.45) is 1.88. The van der Waals surface area contributed by atoms with Crippen molar-refractivity contribution < 1.29 is 26.2 Å². The molecule has 48 heavy (non-hydrogen) atoms. The zero-order valence-corrected chi connectivity index (χ0v) is 30.3. The number of nitrogens with zero attached hydrogens (tertiary/aromatic N) is 3. The maximum Gasteiger partial charge on any atom is 0.148 e. The van der Waals surface area contributed by atoms with Crippen molar-refractivity contribution in [1.29, 1.82) is 0 Å². The van der Waals surface area contributed by atoms with E-state index in [1.807, 2.05) is 30.5 Å². The normalized spacial score (nSPS) is 11.5. The van der Waals surface area contributed by atoms with E-state index in [9.17, 15) is 5.11 Å². The van der Waals surface area contributed by atoms with Gasteiger partial charge in [-0.1, -0.05) is 110 Å². The Morgan fingerprint density at radius 3 is 2.06 bits per heavy atom. The number of pyridine rings is 1. The molecular weight excluding hydrogens is 770 g/mol. The Kier molecular flexibility index (Phi) is 8.98. The second kappa shape index (κ2) is 13.0. The van der Waals surface area contributed by atoms with E-state index in [-0.39, 0.29) is 32.2 Å². The maximum atomic E-state index is 11.1. The van der Waals surface area contributed by atoms with Crippen molar-refractivity contribution in [2.24, 2.45) is 0 Å². The molecule has 5 aromatic carbocycles. The Morgan fingerprint density at radius 1 is 0.688 bits per heavy atom. The van der Waals surface area contributed by atoms with Crippen LogP contribution in [0.5, 0.6) is 5.75 Å². The van der Waals surface area contributed by atoms with E-state index >= 15 is 0 Å². The van der Waals surface area contributed by atoms with Gasteiger partial charge in [0.1, 0.15) is 11.6 Å². The van der Waals surface area contributed by atoms with Gasteiger partial charge in [0.05, 0.1) is 22.3 Å². The average molecular weight is 808 g/mol. The number of imidazole rings is 1. The van der Waals surface area contributed by atoms with Gasteiger partial charge in [-0.15, -0.1) is 29.3 Å². The van der Waals surface area contributed by atoms with Crippen LogP contribution >= 0.6 is 0 Å². The van der Waals surface area contributed by atoms with Crippen molar-refractivity contribution in [1.82, 2.24) is 14.5 Å². The number of para-hydroxylation sites is 2. The number of aromatic nitrogens is 3. The van der Waals surface area contributed by atoms with Gasteiger partial charge in [-0.3, -0.25) is 9.55 Å². The molecule has 0 saturated carbocycles. The molecule has 1 N–H and O–H groups in total.